The summed E-state index contributed by atoms with van der Waals surface area (Å²) in [4.78, 5) is 30.1. The first kappa shape index (κ1) is 19.9. The van der Waals surface area contributed by atoms with Gasteiger partial charge in [-0.25, -0.2) is 4.98 Å². The van der Waals surface area contributed by atoms with Crippen LogP contribution in [0.25, 0.3) is 16.6 Å². The molecule has 0 radical (unpaired) electrons. The summed E-state index contributed by atoms with van der Waals surface area (Å²) >= 11 is 1.27. The summed E-state index contributed by atoms with van der Waals surface area (Å²) in [5.74, 6) is 0.645. The van der Waals surface area contributed by atoms with Crippen molar-refractivity contribution in [1.29, 1.82) is 0 Å². The van der Waals surface area contributed by atoms with Gasteiger partial charge >= 0.3 is 0 Å². The quantitative estimate of drug-likeness (QED) is 0.489. The van der Waals surface area contributed by atoms with Gasteiger partial charge in [0.15, 0.2) is 5.16 Å². The number of carbonyl (C=O) groups excluding carboxylic acids is 1. The predicted molar refractivity (Wildman–Crippen MR) is 113 cm³/mol. The average Bonchev–Trinajstić information content (AvgIpc) is 2.69. The summed E-state index contributed by atoms with van der Waals surface area (Å²) in [5.41, 5.74) is 1.12. The third kappa shape index (κ3) is 4.20. The third-order valence-corrected chi connectivity index (χ3v) is 5.21. The number of hydrogen-bond acceptors (Lipinski definition) is 5. The zero-order chi connectivity index (χ0) is 20.1. The number of fused-ring (bicyclic) bond motifs is 1. The fourth-order valence-corrected chi connectivity index (χ4v) is 3.76. The lowest BCUT2D eigenvalue weighted by Gasteiger charge is -2.16. The fourth-order valence-electron chi connectivity index (χ4n) is 2.81. The van der Waals surface area contributed by atoms with Crippen molar-refractivity contribution in [2.45, 2.75) is 31.2 Å². The van der Waals surface area contributed by atoms with E-state index in [1.165, 1.54) is 11.8 Å². The third-order valence-electron chi connectivity index (χ3n) is 4.15. The second-order valence-corrected chi connectivity index (χ2v) is 7.44. The van der Waals surface area contributed by atoms with Crippen LogP contribution in [0.5, 0.6) is 5.75 Å². The first-order chi connectivity index (χ1) is 13.5. The monoisotopic (exact) mass is 397 g/mol. The largest absolute Gasteiger partial charge is 0.494 e. The molecule has 0 unspecified atom stereocenters. The number of carbonyl (C=O) groups is 1. The van der Waals surface area contributed by atoms with E-state index in [1.54, 1.807) is 23.6 Å². The van der Waals surface area contributed by atoms with E-state index in [1.807, 2.05) is 50.2 Å². The van der Waals surface area contributed by atoms with E-state index >= 15 is 0 Å². The highest BCUT2D eigenvalue weighted by atomic mass is 32.2. The van der Waals surface area contributed by atoms with Gasteiger partial charge < -0.3 is 10.1 Å². The topological polar surface area (TPSA) is 73.2 Å². The van der Waals surface area contributed by atoms with Crippen LogP contribution in [0, 0.1) is 0 Å². The maximum atomic E-state index is 13.2. The van der Waals surface area contributed by atoms with E-state index in [0.717, 1.165) is 5.75 Å². The Balaban J connectivity index is 2.11. The maximum absolute atomic E-state index is 13.2. The molecule has 7 heteroatoms. The molecule has 2 aromatic carbocycles. The molecule has 1 N–H and O–H groups in total. The van der Waals surface area contributed by atoms with Crippen LogP contribution in [-0.4, -0.2) is 33.9 Å². The molecule has 1 aromatic heterocycles. The number of rotatable bonds is 7. The number of nitrogens with zero attached hydrogens (tertiary/aromatic N) is 2. The average molecular weight is 398 g/mol. The maximum Gasteiger partial charge on any atom is 0.266 e. The van der Waals surface area contributed by atoms with Gasteiger partial charge in [-0.1, -0.05) is 23.9 Å². The summed E-state index contributed by atoms with van der Waals surface area (Å²) in [6, 6.07) is 14.5. The van der Waals surface area contributed by atoms with E-state index in [9.17, 15) is 9.59 Å². The second kappa shape index (κ2) is 8.93. The number of aromatic nitrogens is 2. The Morgan fingerprint density at radius 1 is 1.18 bits per heavy atom. The van der Waals surface area contributed by atoms with Crippen molar-refractivity contribution in [1.82, 2.24) is 14.9 Å². The van der Waals surface area contributed by atoms with E-state index < -0.39 is 0 Å². The van der Waals surface area contributed by atoms with Crippen LogP contribution in [-0.2, 0) is 4.79 Å². The van der Waals surface area contributed by atoms with Crippen molar-refractivity contribution in [2.24, 2.45) is 0 Å². The number of para-hydroxylation sites is 1. The van der Waals surface area contributed by atoms with E-state index in [2.05, 4.69) is 10.3 Å². The van der Waals surface area contributed by atoms with Crippen molar-refractivity contribution >= 4 is 28.6 Å². The molecule has 6 nitrogen and oxygen atoms in total. The smallest absolute Gasteiger partial charge is 0.266 e. The van der Waals surface area contributed by atoms with Gasteiger partial charge in [-0.2, -0.15) is 0 Å². The number of thioether (sulfide) groups is 1. The number of amides is 1. The Bertz CT molecular complexity index is 1030. The number of hydrogen-bond donors (Lipinski definition) is 1. The molecule has 0 aliphatic carbocycles. The molecule has 3 aromatic rings. The highest BCUT2D eigenvalue weighted by Crippen LogP contribution is 2.26. The van der Waals surface area contributed by atoms with Crippen molar-refractivity contribution < 1.29 is 9.53 Å². The summed E-state index contributed by atoms with van der Waals surface area (Å²) in [5, 5.41) is 3.43. The van der Waals surface area contributed by atoms with Crippen LogP contribution in [0.3, 0.4) is 0 Å². The van der Waals surface area contributed by atoms with Crippen LogP contribution in [0.15, 0.2) is 58.5 Å². The fraction of sp³-hybridized carbons (Fsp3) is 0.286. The Hall–Kier alpha value is -2.80. The Kier molecular flexibility index (Phi) is 6.36. The number of nitrogens with one attached hydrogen (secondary N) is 1. The molecule has 146 valence electrons. The lowest BCUT2D eigenvalue weighted by atomic mass is 10.2. The molecule has 0 spiro atoms. The number of benzene rings is 2. The minimum absolute atomic E-state index is 0.0897. The lowest BCUT2D eigenvalue weighted by molar-refractivity contribution is -0.120. The Labute approximate surface area is 167 Å². The molecule has 3 rings (SSSR count). The molecule has 1 amide bonds. The SMILES string of the molecule is CCNC(=O)[C@H](C)Sc1nc2ccccc2c(=O)n1-c1ccc(OCC)cc1. The summed E-state index contributed by atoms with van der Waals surface area (Å²) in [7, 11) is 0. The first-order valence-corrected chi connectivity index (χ1v) is 10.1. The Morgan fingerprint density at radius 2 is 1.89 bits per heavy atom. The van der Waals surface area contributed by atoms with E-state index in [0.29, 0.717) is 34.9 Å². The van der Waals surface area contributed by atoms with Crippen LogP contribution < -0.4 is 15.6 Å². The van der Waals surface area contributed by atoms with Crippen molar-refractivity contribution in [3.05, 3.63) is 58.9 Å². The standard InChI is InChI=1S/C21H23N3O3S/c1-4-22-19(25)14(3)28-21-23-18-9-7-6-8-17(18)20(26)24(21)15-10-12-16(13-11-15)27-5-2/h6-14H,4-5H2,1-3H3,(H,22,25)/t14-/m0/s1. The molecular weight excluding hydrogens is 374 g/mol. The molecule has 0 saturated heterocycles. The van der Waals surface area contributed by atoms with Gasteiger partial charge in [0.25, 0.3) is 5.56 Å². The van der Waals surface area contributed by atoms with Crippen LogP contribution in [0.4, 0.5) is 0 Å². The Morgan fingerprint density at radius 3 is 2.57 bits per heavy atom. The first-order valence-electron chi connectivity index (χ1n) is 9.24. The van der Waals surface area contributed by atoms with Crippen LogP contribution >= 0.6 is 11.8 Å². The zero-order valence-electron chi connectivity index (χ0n) is 16.1. The second-order valence-electron chi connectivity index (χ2n) is 6.13. The molecule has 1 atom stereocenters. The molecular formula is C21H23N3O3S. The van der Waals surface area contributed by atoms with Crippen LogP contribution in [0.2, 0.25) is 0 Å². The zero-order valence-corrected chi connectivity index (χ0v) is 17.0. The highest BCUT2D eigenvalue weighted by molar-refractivity contribution is 8.00. The molecule has 0 bridgehead atoms. The summed E-state index contributed by atoms with van der Waals surface area (Å²) < 4.78 is 7.04. The minimum Gasteiger partial charge on any atom is -0.494 e. The van der Waals surface area contributed by atoms with Crippen molar-refractivity contribution in [3.63, 3.8) is 0 Å². The van der Waals surface area contributed by atoms with Gasteiger partial charge in [-0.3, -0.25) is 14.2 Å². The summed E-state index contributed by atoms with van der Waals surface area (Å²) in [6.07, 6.45) is 0. The van der Waals surface area contributed by atoms with Gasteiger partial charge in [-0.15, -0.1) is 0 Å². The van der Waals surface area contributed by atoms with Crippen molar-refractivity contribution in [2.75, 3.05) is 13.2 Å². The van der Waals surface area contributed by atoms with E-state index in [4.69, 9.17) is 4.74 Å². The van der Waals surface area contributed by atoms with Gasteiger partial charge in [0.1, 0.15) is 5.75 Å². The van der Waals surface area contributed by atoms with Crippen molar-refractivity contribution in [3.8, 4) is 11.4 Å². The predicted octanol–water partition coefficient (Wildman–Crippen LogP) is 3.40. The highest BCUT2D eigenvalue weighted by Gasteiger charge is 2.19. The molecule has 0 aliphatic heterocycles. The molecule has 0 aliphatic rings. The van der Waals surface area contributed by atoms with Gasteiger partial charge in [0.2, 0.25) is 5.91 Å². The number of ether oxygens (including phenoxy) is 1. The molecule has 0 fully saturated rings. The summed E-state index contributed by atoms with van der Waals surface area (Å²) in [6.45, 7) is 6.73. The normalized spacial score (nSPS) is 12.0. The van der Waals surface area contributed by atoms with Crippen LogP contribution in [0.1, 0.15) is 20.8 Å². The molecule has 28 heavy (non-hydrogen) atoms. The lowest BCUT2D eigenvalue weighted by Crippen LogP contribution is -2.31. The molecule has 0 saturated carbocycles. The van der Waals surface area contributed by atoms with Gasteiger partial charge in [-0.05, 0) is 57.2 Å². The van der Waals surface area contributed by atoms with Gasteiger partial charge in [0.05, 0.1) is 28.4 Å². The minimum atomic E-state index is -0.387. The van der Waals surface area contributed by atoms with E-state index in [-0.39, 0.29) is 16.7 Å². The molecule has 1 heterocycles. The van der Waals surface area contributed by atoms with Gasteiger partial charge in [0, 0.05) is 6.54 Å².